The number of sulfonamides is 1. The third-order valence-corrected chi connectivity index (χ3v) is 5.66. The fourth-order valence-electron chi connectivity index (χ4n) is 2.23. The van der Waals surface area contributed by atoms with Crippen molar-refractivity contribution in [2.75, 3.05) is 12.3 Å². The maximum atomic E-state index is 13.8. The zero-order valence-electron chi connectivity index (χ0n) is 10.9. The molecule has 20 heavy (non-hydrogen) atoms. The molecule has 0 bridgehead atoms. The molecular weight excluding hydrogens is 286 g/mol. The molecule has 0 saturated heterocycles. The second kappa shape index (κ2) is 4.66. The molecule has 0 aliphatic heterocycles. The Kier molecular flexibility index (Phi) is 3.21. The van der Waals surface area contributed by atoms with Gasteiger partial charge in [-0.05, 0) is 37.7 Å². The normalized spacial score (nSPS) is 19.6. The molecule has 2 fully saturated rings. The van der Waals surface area contributed by atoms with Crippen molar-refractivity contribution in [2.45, 2.75) is 36.6 Å². The fraction of sp³-hybridized carbons (Fsp3) is 0.538. The summed E-state index contributed by atoms with van der Waals surface area (Å²) in [7, 11) is -3.95. The molecule has 0 unspecified atom stereocenters. The summed E-state index contributed by atoms with van der Waals surface area (Å²) in [5.41, 5.74) is 5.01. The topological polar surface area (TPSA) is 63.4 Å². The number of benzene rings is 1. The molecule has 2 aliphatic rings. The zero-order valence-corrected chi connectivity index (χ0v) is 11.7. The van der Waals surface area contributed by atoms with Crippen molar-refractivity contribution in [3.05, 3.63) is 23.8 Å². The zero-order chi connectivity index (χ0) is 14.5. The van der Waals surface area contributed by atoms with Crippen LogP contribution in [0.4, 0.5) is 14.5 Å². The van der Waals surface area contributed by atoms with Crippen LogP contribution in [-0.4, -0.2) is 25.3 Å². The van der Waals surface area contributed by atoms with Crippen molar-refractivity contribution in [3.63, 3.8) is 0 Å². The van der Waals surface area contributed by atoms with Crippen LogP contribution in [0.5, 0.6) is 0 Å². The average Bonchev–Trinajstić information content (AvgIpc) is 3.24. The molecule has 0 atom stereocenters. The molecule has 1 aromatic carbocycles. The third-order valence-electron chi connectivity index (χ3n) is 3.73. The van der Waals surface area contributed by atoms with Crippen molar-refractivity contribution >= 4 is 15.7 Å². The molecule has 110 valence electrons. The lowest BCUT2D eigenvalue weighted by Crippen LogP contribution is -2.35. The quantitative estimate of drug-likeness (QED) is 0.847. The van der Waals surface area contributed by atoms with Crippen molar-refractivity contribution in [3.8, 4) is 0 Å². The predicted molar refractivity (Wildman–Crippen MR) is 70.4 cm³/mol. The van der Waals surface area contributed by atoms with Gasteiger partial charge in [0.2, 0.25) is 10.0 Å². The van der Waals surface area contributed by atoms with Gasteiger partial charge in [-0.15, -0.1) is 0 Å². The molecule has 2 saturated carbocycles. The highest BCUT2D eigenvalue weighted by Gasteiger charge is 2.42. The van der Waals surface area contributed by atoms with Gasteiger partial charge in [0.15, 0.2) is 0 Å². The Morgan fingerprint density at radius 2 is 1.80 bits per heavy atom. The summed E-state index contributed by atoms with van der Waals surface area (Å²) in [5, 5.41) is 0. The average molecular weight is 302 g/mol. The lowest BCUT2D eigenvalue weighted by molar-refractivity contribution is 0.385. The van der Waals surface area contributed by atoms with E-state index in [9.17, 15) is 17.2 Å². The van der Waals surface area contributed by atoms with Gasteiger partial charge in [0.05, 0.1) is 5.69 Å². The molecule has 7 heteroatoms. The molecule has 0 heterocycles. The van der Waals surface area contributed by atoms with Gasteiger partial charge in [0.25, 0.3) is 0 Å². The summed E-state index contributed by atoms with van der Waals surface area (Å²) in [6.07, 6.45) is 3.61. The minimum atomic E-state index is -3.95. The largest absolute Gasteiger partial charge is 0.396 e. The summed E-state index contributed by atoms with van der Waals surface area (Å²) < 4.78 is 53.5. The second-order valence-corrected chi connectivity index (χ2v) is 7.41. The van der Waals surface area contributed by atoms with Crippen LogP contribution in [0, 0.1) is 17.6 Å². The van der Waals surface area contributed by atoms with Crippen LogP contribution in [0.15, 0.2) is 17.0 Å². The molecule has 3 rings (SSSR count). The monoisotopic (exact) mass is 302 g/mol. The molecular formula is C13H16F2N2O2S. The first-order chi connectivity index (χ1) is 9.39. The van der Waals surface area contributed by atoms with Crippen LogP contribution < -0.4 is 5.73 Å². The number of nitrogens with two attached hydrogens (primary N) is 1. The summed E-state index contributed by atoms with van der Waals surface area (Å²) in [6.45, 7) is 0.420. The van der Waals surface area contributed by atoms with E-state index in [1.165, 1.54) is 4.31 Å². The minimum Gasteiger partial charge on any atom is -0.396 e. The summed E-state index contributed by atoms with van der Waals surface area (Å²) in [5.74, 6) is -1.66. The summed E-state index contributed by atoms with van der Waals surface area (Å²) in [4.78, 5) is -0.524. The first-order valence-electron chi connectivity index (χ1n) is 6.66. The van der Waals surface area contributed by atoms with E-state index < -0.39 is 26.6 Å². The molecule has 2 N–H and O–H groups in total. The molecule has 0 aromatic heterocycles. The first kappa shape index (κ1) is 13.8. The smallest absolute Gasteiger partial charge is 0.246 e. The Balaban J connectivity index is 1.98. The lowest BCUT2D eigenvalue weighted by atomic mass is 10.3. The first-order valence-corrected chi connectivity index (χ1v) is 8.10. The number of halogens is 2. The standard InChI is InChI=1S/C13H16F2N2O2S/c14-10-5-11(15)13(6-12(10)16)20(18,19)17(9-3-4-9)7-8-1-2-8/h5-6,8-9H,1-4,7,16H2. The van der Waals surface area contributed by atoms with Crippen LogP contribution in [0.2, 0.25) is 0 Å². The number of hydrogen-bond donors (Lipinski definition) is 1. The Bertz CT molecular complexity index is 640. The van der Waals surface area contributed by atoms with Gasteiger partial charge >= 0.3 is 0 Å². The van der Waals surface area contributed by atoms with Gasteiger partial charge < -0.3 is 5.73 Å². The van der Waals surface area contributed by atoms with Crippen LogP contribution in [-0.2, 0) is 10.0 Å². The Labute approximate surface area is 116 Å². The maximum absolute atomic E-state index is 13.8. The number of nitrogens with zero attached hydrogens (tertiary/aromatic N) is 1. The highest BCUT2D eigenvalue weighted by Crippen LogP contribution is 2.38. The Morgan fingerprint density at radius 3 is 2.35 bits per heavy atom. The van der Waals surface area contributed by atoms with E-state index in [2.05, 4.69) is 0 Å². The third kappa shape index (κ3) is 2.52. The van der Waals surface area contributed by atoms with E-state index in [4.69, 9.17) is 5.73 Å². The summed E-state index contributed by atoms with van der Waals surface area (Å²) in [6, 6.07) is 1.36. The van der Waals surface area contributed by atoms with Crippen molar-refractivity contribution in [2.24, 2.45) is 5.92 Å². The minimum absolute atomic E-state index is 0.0497. The Morgan fingerprint density at radius 1 is 1.15 bits per heavy atom. The fourth-order valence-corrected chi connectivity index (χ4v) is 4.07. The number of hydrogen-bond acceptors (Lipinski definition) is 3. The van der Waals surface area contributed by atoms with Gasteiger partial charge in [-0.25, -0.2) is 17.2 Å². The van der Waals surface area contributed by atoms with E-state index in [0.29, 0.717) is 18.5 Å². The van der Waals surface area contributed by atoms with E-state index in [0.717, 1.165) is 31.7 Å². The molecule has 4 nitrogen and oxygen atoms in total. The molecule has 2 aliphatic carbocycles. The lowest BCUT2D eigenvalue weighted by Gasteiger charge is -2.22. The van der Waals surface area contributed by atoms with Crippen LogP contribution >= 0.6 is 0 Å². The van der Waals surface area contributed by atoms with Gasteiger partial charge in [-0.1, -0.05) is 0 Å². The maximum Gasteiger partial charge on any atom is 0.246 e. The van der Waals surface area contributed by atoms with Crippen LogP contribution in [0.3, 0.4) is 0 Å². The highest BCUT2D eigenvalue weighted by atomic mass is 32.2. The molecule has 0 amide bonds. The van der Waals surface area contributed by atoms with Gasteiger partial charge in [-0.2, -0.15) is 4.31 Å². The van der Waals surface area contributed by atoms with Gasteiger partial charge in [0.1, 0.15) is 16.5 Å². The van der Waals surface area contributed by atoms with Crippen molar-refractivity contribution < 1.29 is 17.2 Å². The van der Waals surface area contributed by atoms with Crippen molar-refractivity contribution in [1.29, 1.82) is 0 Å². The van der Waals surface area contributed by atoms with E-state index >= 15 is 0 Å². The number of anilines is 1. The van der Waals surface area contributed by atoms with Gasteiger partial charge in [-0.3, -0.25) is 0 Å². The SMILES string of the molecule is Nc1cc(S(=O)(=O)N(CC2CC2)C2CC2)c(F)cc1F. The van der Waals surface area contributed by atoms with E-state index in [-0.39, 0.29) is 11.7 Å². The van der Waals surface area contributed by atoms with E-state index in [1.54, 1.807) is 0 Å². The van der Waals surface area contributed by atoms with Crippen molar-refractivity contribution in [1.82, 2.24) is 4.31 Å². The molecule has 0 radical (unpaired) electrons. The molecule has 0 spiro atoms. The second-order valence-electron chi connectivity index (χ2n) is 5.55. The molecule has 1 aromatic rings. The van der Waals surface area contributed by atoms with Gasteiger partial charge in [0, 0.05) is 18.7 Å². The number of rotatable bonds is 5. The Hall–Kier alpha value is -1.21. The van der Waals surface area contributed by atoms with Crippen LogP contribution in [0.1, 0.15) is 25.7 Å². The number of nitrogen functional groups attached to an aromatic ring is 1. The highest BCUT2D eigenvalue weighted by molar-refractivity contribution is 7.89. The van der Waals surface area contributed by atoms with Crippen LogP contribution in [0.25, 0.3) is 0 Å². The summed E-state index contributed by atoms with van der Waals surface area (Å²) >= 11 is 0. The predicted octanol–water partition coefficient (Wildman–Crippen LogP) is 2.11. The van der Waals surface area contributed by atoms with E-state index in [1.807, 2.05) is 0 Å².